The normalized spacial score (nSPS) is 12.2. The van der Waals surface area contributed by atoms with Crippen LogP contribution in [0.2, 0.25) is 0 Å². The second kappa shape index (κ2) is 3.98. The fraction of sp³-hybridized carbons (Fsp3) is 0.222. The monoisotopic (exact) mass is 186 g/mol. The first-order chi connectivity index (χ1) is 6.15. The summed E-state index contributed by atoms with van der Waals surface area (Å²) in [6, 6.07) is 3.01. The van der Waals surface area contributed by atoms with Crippen molar-refractivity contribution in [2.75, 3.05) is 0 Å². The van der Waals surface area contributed by atoms with Crippen molar-refractivity contribution in [2.24, 2.45) is 0 Å². The van der Waals surface area contributed by atoms with Gasteiger partial charge in [0.05, 0.1) is 0 Å². The molecule has 13 heavy (non-hydrogen) atoms. The van der Waals surface area contributed by atoms with E-state index in [2.05, 4.69) is 4.74 Å². The van der Waals surface area contributed by atoms with Crippen LogP contribution < -0.4 is 0 Å². The zero-order valence-electron chi connectivity index (χ0n) is 6.96. The van der Waals surface area contributed by atoms with Gasteiger partial charge in [-0.25, -0.2) is 8.78 Å². The maximum absolute atomic E-state index is 13.0. The van der Waals surface area contributed by atoms with E-state index in [4.69, 9.17) is 0 Å². The summed E-state index contributed by atoms with van der Waals surface area (Å²) in [6.07, 6.45) is -0.770. The Morgan fingerprint density at radius 1 is 1.46 bits per heavy atom. The van der Waals surface area contributed by atoms with Crippen molar-refractivity contribution in [3.63, 3.8) is 0 Å². The second-order valence-corrected chi connectivity index (χ2v) is 2.54. The topological polar surface area (TPSA) is 26.3 Å². The minimum atomic E-state index is -0.770. The van der Waals surface area contributed by atoms with Crippen LogP contribution in [0.5, 0.6) is 0 Å². The Balaban J connectivity index is 2.97. The molecule has 4 heteroatoms. The SMILES string of the molecule is CC(OC=O)c1cc(F)ccc1F. The van der Waals surface area contributed by atoms with Crippen molar-refractivity contribution < 1.29 is 18.3 Å². The highest BCUT2D eigenvalue weighted by Gasteiger charge is 2.12. The van der Waals surface area contributed by atoms with Gasteiger partial charge in [0.1, 0.15) is 17.7 Å². The molecule has 1 aromatic rings. The zero-order valence-corrected chi connectivity index (χ0v) is 6.96. The van der Waals surface area contributed by atoms with E-state index < -0.39 is 17.7 Å². The predicted octanol–water partition coefficient (Wildman–Crippen LogP) is 2.20. The molecule has 0 bridgehead atoms. The van der Waals surface area contributed by atoms with Crippen molar-refractivity contribution in [1.82, 2.24) is 0 Å². The number of halogens is 2. The van der Waals surface area contributed by atoms with Gasteiger partial charge in [-0.1, -0.05) is 0 Å². The van der Waals surface area contributed by atoms with Gasteiger partial charge in [0.2, 0.25) is 0 Å². The molecule has 0 amide bonds. The molecule has 0 aliphatic heterocycles. The minimum absolute atomic E-state index is 0.0344. The molecule has 1 aromatic carbocycles. The number of rotatable bonds is 3. The van der Waals surface area contributed by atoms with Gasteiger partial charge in [-0.2, -0.15) is 0 Å². The highest BCUT2D eigenvalue weighted by molar-refractivity contribution is 5.38. The van der Waals surface area contributed by atoms with Gasteiger partial charge in [0, 0.05) is 5.56 Å². The summed E-state index contributed by atoms with van der Waals surface area (Å²) in [6.45, 7) is 1.67. The second-order valence-electron chi connectivity index (χ2n) is 2.54. The van der Waals surface area contributed by atoms with Crippen LogP contribution in [0.15, 0.2) is 18.2 Å². The van der Waals surface area contributed by atoms with E-state index in [1.54, 1.807) is 0 Å². The smallest absolute Gasteiger partial charge is 0.293 e. The van der Waals surface area contributed by atoms with Crippen molar-refractivity contribution in [1.29, 1.82) is 0 Å². The molecule has 0 aromatic heterocycles. The van der Waals surface area contributed by atoms with Crippen LogP contribution in [0.25, 0.3) is 0 Å². The molecule has 0 fully saturated rings. The van der Waals surface area contributed by atoms with Crippen molar-refractivity contribution in [3.05, 3.63) is 35.4 Å². The third-order valence-electron chi connectivity index (χ3n) is 1.66. The Kier molecular flexibility index (Phi) is 2.95. The summed E-state index contributed by atoms with van der Waals surface area (Å²) in [5.41, 5.74) is 0.0344. The lowest BCUT2D eigenvalue weighted by molar-refractivity contribution is -0.133. The summed E-state index contributed by atoms with van der Waals surface area (Å²) < 4.78 is 30.1. The summed E-state index contributed by atoms with van der Waals surface area (Å²) in [5, 5.41) is 0. The van der Waals surface area contributed by atoms with Crippen molar-refractivity contribution >= 4 is 6.47 Å². The van der Waals surface area contributed by atoms with Crippen LogP contribution in [0.4, 0.5) is 8.78 Å². The molecule has 0 radical (unpaired) electrons. The molecule has 1 unspecified atom stereocenters. The first-order valence-corrected chi connectivity index (χ1v) is 3.69. The fourth-order valence-corrected chi connectivity index (χ4v) is 0.983. The van der Waals surface area contributed by atoms with Gasteiger partial charge in [0.15, 0.2) is 0 Å². The standard InChI is InChI=1S/C9H8F2O2/c1-6(13-5-12)8-4-7(10)2-3-9(8)11/h2-6H,1H3. The first-order valence-electron chi connectivity index (χ1n) is 3.69. The third-order valence-corrected chi connectivity index (χ3v) is 1.66. The molecular formula is C9H8F2O2. The Hall–Kier alpha value is -1.45. The summed E-state index contributed by atoms with van der Waals surface area (Å²) in [5.74, 6) is -1.14. The average Bonchev–Trinajstić information content (AvgIpc) is 2.09. The molecule has 0 N–H and O–H groups in total. The highest BCUT2D eigenvalue weighted by atomic mass is 19.1. The third kappa shape index (κ3) is 2.24. The van der Waals surface area contributed by atoms with Crippen LogP contribution in [0.1, 0.15) is 18.6 Å². The maximum Gasteiger partial charge on any atom is 0.293 e. The van der Waals surface area contributed by atoms with Crippen molar-refractivity contribution in [2.45, 2.75) is 13.0 Å². The lowest BCUT2D eigenvalue weighted by atomic mass is 10.1. The number of hydrogen-bond acceptors (Lipinski definition) is 2. The summed E-state index contributed by atoms with van der Waals surface area (Å²) in [7, 11) is 0. The van der Waals surface area contributed by atoms with Gasteiger partial charge in [-0.15, -0.1) is 0 Å². The van der Waals surface area contributed by atoms with E-state index in [1.165, 1.54) is 6.92 Å². The predicted molar refractivity (Wildman–Crippen MR) is 41.9 cm³/mol. The van der Waals surface area contributed by atoms with Gasteiger partial charge in [-0.3, -0.25) is 4.79 Å². The molecule has 1 atom stereocenters. The molecule has 0 aliphatic rings. The molecule has 0 aliphatic carbocycles. The lowest BCUT2D eigenvalue weighted by Gasteiger charge is -2.10. The molecule has 0 heterocycles. The number of carbonyl (C=O) groups is 1. The maximum atomic E-state index is 13.0. The number of ether oxygens (including phenoxy) is 1. The summed E-state index contributed by atoms with van der Waals surface area (Å²) in [4.78, 5) is 9.95. The number of hydrogen-bond donors (Lipinski definition) is 0. The van der Waals surface area contributed by atoms with Gasteiger partial charge >= 0.3 is 0 Å². The largest absolute Gasteiger partial charge is 0.460 e. The first kappa shape index (κ1) is 9.64. The van der Waals surface area contributed by atoms with E-state index in [0.29, 0.717) is 0 Å². The molecule has 1 rings (SSSR count). The van der Waals surface area contributed by atoms with Crippen LogP contribution in [-0.4, -0.2) is 6.47 Å². The molecule has 70 valence electrons. The van der Waals surface area contributed by atoms with Crippen LogP contribution in [0, 0.1) is 11.6 Å². The van der Waals surface area contributed by atoms with Crippen LogP contribution in [0.3, 0.4) is 0 Å². The molecule has 0 spiro atoms. The Labute approximate surface area is 74.1 Å². The number of benzene rings is 1. The van der Waals surface area contributed by atoms with E-state index >= 15 is 0 Å². The van der Waals surface area contributed by atoms with E-state index in [1.807, 2.05) is 0 Å². The molecular weight excluding hydrogens is 178 g/mol. The van der Waals surface area contributed by atoms with Gasteiger partial charge < -0.3 is 4.74 Å². The lowest BCUT2D eigenvalue weighted by Crippen LogP contribution is -2.01. The highest BCUT2D eigenvalue weighted by Crippen LogP contribution is 2.20. The average molecular weight is 186 g/mol. The number of carbonyl (C=O) groups excluding carboxylic acids is 1. The minimum Gasteiger partial charge on any atom is -0.460 e. The quantitative estimate of drug-likeness (QED) is 0.676. The van der Waals surface area contributed by atoms with E-state index in [9.17, 15) is 13.6 Å². The van der Waals surface area contributed by atoms with Gasteiger partial charge in [-0.05, 0) is 25.1 Å². The molecule has 0 saturated heterocycles. The van der Waals surface area contributed by atoms with E-state index in [-0.39, 0.29) is 12.0 Å². The van der Waals surface area contributed by atoms with Crippen LogP contribution in [-0.2, 0) is 9.53 Å². The van der Waals surface area contributed by atoms with E-state index in [0.717, 1.165) is 18.2 Å². The van der Waals surface area contributed by atoms with Crippen LogP contribution >= 0.6 is 0 Å². The summed E-state index contributed by atoms with van der Waals surface area (Å²) >= 11 is 0. The zero-order chi connectivity index (χ0) is 9.84. The molecule has 0 saturated carbocycles. The fourth-order valence-electron chi connectivity index (χ4n) is 0.983. The van der Waals surface area contributed by atoms with Crippen molar-refractivity contribution in [3.8, 4) is 0 Å². The molecule has 2 nitrogen and oxygen atoms in total. The van der Waals surface area contributed by atoms with Gasteiger partial charge in [0.25, 0.3) is 6.47 Å². The Morgan fingerprint density at radius 2 is 2.15 bits per heavy atom. The Bertz CT molecular complexity index is 312. The Morgan fingerprint density at radius 3 is 2.77 bits per heavy atom.